The summed E-state index contributed by atoms with van der Waals surface area (Å²) in [5.41, 5.74) is 8.75. The summed E-state index contributed by atoms with van der Waals surface area (Å²) in [6.07, 6.45) is 12.7. The zero-order valence-corrected chi connectivity index (χ0v) is 59.6. The number of Topliss-reactive ketones (excluding diaryl/α,β-unsaturated/α-hetero) is 2. The SMILES string of the molecule is C=CC(=O)Cc1ccccc1[N+](=O)[O-].Cl.Cl.NCCc1nc(C(=O)NCc2ccccn2)no1.O=C(CCCCCc1nc(C(=O)NCc2ccccn2)no1)Cc1ccccc1[N+](=O)[O-].O=C(CCCCCc1nc(C(=O)NCc2ccccn2)no1)Cc1ccccc1[N+](=O)[O-].[2H][B].[U]. The van der Waals surface area contributed by atoms with Gasteiger partial charge >= 0.3 is 0 Å². The van der Waals surface area contributed by atoms with E-state index in [0.29, 0.717) is 92.4 Å². The molecule has 0 unspecified atom stereocenters. The second-order valence-corrected chi connectivity index (χ2v) is 20.6. The summed E-state index contributed by atoms with van der Waals surface area (Å²) in [5.74, 6) is -0.545. The predicted molar refractivity (Wildman–Crippen MR) is 363 cm³/mol. The molecule has 0 fully saturated rings. The minimum atomic E-state index is -0.494. The molecule has 9 rings (SSSR count). The van der Waals surface area contributed by atoms with Crippen LogP contribution in [0.1, 0.15) is 135 Å². The summed E-state index contributed by atoms with van der Waals surface area (Å²) in [4.78, 5) is 127. The fourth-order valence-electron chi connectivity index (χ4n) is 8.65. The van der Waals surface area contributed by atoms with Crippen LogP contribution in [0.5, 0.6) is 0 Å². The maximum atomic E-state index is 12.2. The van der Waals surface area contributed by atoms with Gasteiger partial charge in [0.15, 0.2) is 5.78 Å². The first-order chi connectivity index (χ1) is 47.5. The van der Waals surface area contributed by atoms with E-state index in [-0.39, 0.29) is 140 Å². The number of unbranched alkanes of at least 4 members (excludes halogenated alkanes) is 4. The summed E-state index contributed by atoms with van der Waals surface area (Å²) >= 11 is 0. The van der Waals surface area contributed by atoms with Crippen LogP contribution in [0.3, 0.4) is 0 Å². The van der Waals surface area contributed by atoms with Gasteiger partial charge in [-0.3, -0.25) is 74.1 Å². The number of ketones is 3. The van der Waals surface area contributed by atoms with Crippen molar-refractivity contribution < 1.29 is 88.2 Å². The molecule has 0 aliphatic rings. The Hall–Kier alpha value is -10.5. The van der Waals surface area contributed by atoms with E-state index in [1.165, 1.54) is 18.2 Å². The first kappa shape index (κ1) is 83.8. The summed E-state index contributed by atoms with van der Waals surface area (Å²) < 4.78 is 20.3. The van der Waals surface area contributed by atoms with Crippen LogP contribution >= 0.6 is 24.8 Å². The fraction of sp³-hybridized carbons (Fsp3) is 0.277. The smallest absolute Gasteiger partial charge is 0.293 e. The zero-order valence-electron chi connectivity index (χ0n) is 54.8. The number of nitro benzene ring substituents is 3. The van der Waals surface area contributed by atoms with Crippen molar-refractivity contribution in [3.05, 3.63) is 258 Å². The molecule has 522 valence electrons. The van der Waals surface area contributed by atoms with Crippen molar-refractivity contribution in [1.82, 2.24) is 61.3 Å². The average molecular weight is 1640 g/mol. The Morgan fingerprint density at radius 3 is 1.08 bits per heavy atom. The summed E-state index contributed by atoms with van der Waals surface area (Å²) in [6, 6.07) is 35.1. The third-order valence-corrected chi connectivity index (χ3v) is 13.5. The molecule has 35 heteroatoms. The number of pyridine rings is 3. The van der Waals surface area contributed by atoms with E-state index in [2.05, 4.69) is 76.3 Å². The Morgan fingerprint density at radius 2 is 0.780 bits per heavy atom. The molecule has 6 heterocycles. The van der Waals surface area contributed by atoms with Gasteiger partial charge in [-0.2, -0.15) is 15.0 Å². The Kier molecular flexibility index (Phi) is 39.8. The van der Waals surface area contributed by atoms with Gasteiger partial charge in [-0.15, -0.1) is 24.8 Å². The first-order valence-electron chi connectivity index (χ1n) is 30.6. The minimum absolute atomic E-state index is 0. The number of amides is 3. The van der Waals surface area contributed by atoms with E-state index in [1.54, 1.807) is 97.5 Å². The molecule has 0 aliphatic heterocycles. The number of carbonyl (C=O) groups excluding carboxylic acids is 6. The number of nitro groups is 3. The quantitative estimate of drug-likeness (QED) is 0.00985. The molecule has 9 aromatic rings. The van der Waals surface area contributed by atoms with Crippen molar-refractivity contribution in [3.63, 3.8) is 0 Å². The molecule has 3 amide bonds. The number of para-hydroxylation sites is 3. The summed E-state index contributed by atoms with van der Waals surface area (Å²) in [7, 11) is 3.75. The van der Waals surface area contributed by atoms with Crippen LogP contribution in [-0.4, -0.2) is 111 Å². The van der Waals surface area contributed by atoms with E-state index in [0.717, 1.165) is 48.8 Å². The summed E-state index contributed by atoms with van der Waals surface area (Å²) in [5, 5.41) is 51.6. The number of halogens is 2. The van der Waals surface area contributed by atoms with Crippen LogP contribution < -0.4 is 21.7 Å². The van der Waals surface area contributed by atoms with Crippen LogP contribution in [0.15, 0.2) is 172 Å². The van der Waals surface area contributed by atoms with Gasteiger partial charge in [-0.05, 0) is 69.5 Å². The molecule has 100 heavy (non-hydrogen) atoms. The van der Waals surface area contributed by atoms with Gasteiger partial charge in [0.1, 0.15) is 11.6 Å². The molecule has 0 saturated heterocycles. The Morgan fingerprint density at radius 1 is 0.470 bits per heavy atom. The van der Waals surface area contributed by atoms with Crippen molar-refractivity contribution in [3.8, 4) is 0 Å². The minimum Gasteiger partial charge on any atom is -0.344 e. The molecule has 0 saturated carbocycles. The molecular weight excluding hydrogens is 1560 g/mol. The van der Waals surface area contributed by atoms with Crippen LogP contribution in [-0.2, 0) is 72.5 Å². The Labute approximate surface area is 612 Å². The molecule has 0 aliphatic carbocycles. The molecule has 6 aromatic heterocycles. The standard InChI is InChI=1S/2C22H23N5O5.C11H13N5O2.C10H9NO3.BH.2ClH.U/c2*28-18(14-16-8-4-5-11-19(16)27(30)31)10-2-1-3-12-20-25-21(26-32-20)22(29)24-15-17-9-6-7-13-23-17;12-5-4-9-15-10(16-18-9)11(17)14-7-8-3-1-2-6-13-8;1-2-9(12)7-8-5-3-4-6-10(8)11(13)14;;;;/h2*4-9,11,13H,1-3,10,12,14-15H2,(H,24,29);1-3,6H,4-5,7,12H2,(H,14,17);2-6H,1,7H2;3*1H;/i;;;;1D;;;. The first-order valence-corrected chi connectivity index (χ1v) is 30.1. The van der Waals surface area contributed by atoms with Crippen molar-refractivity contribution in [2.75, 3.05) is 6.54 Å². The van der Waals surface area contributed by atoms with E-state index < -0.39 is 32.5 Å². The van der Waals surface area contributed by atoms with E-state index in [4.69, 9.17) is 20.6 Å². The number of hydrogen-bond acceptors (Lipinski definition) is 25. The van der Waals surface area contributed by atoms with Gasteiger partial charge in [0.05, 0.1) is 51.5 Å². The number of benzene rings is 3. The van der Waals surface area contributed by atoms with Crippen LogP contribution in [0.2, 0.25) is 0 Å². The van der Waals surface area contributed by atoms with Crippen LogP contribution in [0.4, 0.5) is 17.1 Å². The number of nitrogens with two attached hydrogens (primary N) is 1. The third-order valence-electron chi connectivity index (χ3n) is 13.5. The fourth-order valence-corrected chi connectivity index (χ4v) is 8.65. The van der Waals surface area contributed by atoms with Gasteiger partial charge in [-0.1, -0.05) is 108 Å². The second-order valence-electron chi connectivity index (χ2n) is 20.6. The molecule has 2 radical (unpaired) electrons. The van der Waals surface area contributed by atoms with Gasteiger partial charge in [0.2, 0.25) is 17.7 Å². The maximum Gasteiger partial charge on any atom is 0.293 e. The van der Waals surface area contributed by atoms with E-state index in [1.807, 2.05) is 30.3 Å². The number of nitrogens with zero attached hydrogens (tertiary/aromatic N) is 12. The molecular formula is C65H71BCl2N16O15U. The van der Waals surface area contributed by atoms with Crippen LogP contribution in [0, 0.1) is 61.5 Å². The number of aromatic nitrogens is 9. The normalized spacial score (nSPS) is 10.0. The number of allylic oxidation sites excluding steroid dienone is 1. The van der Waals surface area contributed by atoms with E-state index >= 15 is 0 Å². The predicted octanol–water partition coefficient (Wildman–Crippen LogP) is 8.42. The molecule has 5 N–H and O–H groups in total. The Balaban J connectivity index is 0.000000471. The monoisotopic (exact) mass is 1640 g/mol. The third kappa shape index (κ3) is 31.0. The number of hydrogen-bond donors (Lipinski definition) is 4. The van der Waals surface area contributed by atoms with Crippen molar-refractivity contribution in [2.24, 2.45) is 5.73 Å². The maximum absolute atomic E-state index is 12.2. The molecule has 0 atom stereocenters. The number of aryl methyl sites for hydroxylation is 2. The molecule has 3 aromatic carbocycles. The molecule has 0 bridgehead atoms. The number of rotatable bonds is 33. The molecule has 0 spiro atoms. The second kappa shape index (κ2) is 47.5. The zero-order chi connectivity index (χ0) is 70.9. The van der Waals surface area contributed by atoms with Crippen molar-refractivity contribution in [2.45, 2.75) is 110 Å². The Bertz CT molecular complexity index is 3880. The topological polar surface area (TPSA) is 449 Å². The van der Waals surface area contributed by atoms with Gasteiger partial charge < -0.3 is 35.3 Å². The number of carbonyl (C=O) groups is 6. The van der Waals surface area contributed by atoms with E-state index in [9.17, 15) is 59.1 Å². The number of nitrogens with one attached hydrogen (secondary N) is 3. The van der Waals surface area contributed by atoms with Crippen LogP contribution in [0.25, 0.3) is 0 Å². The van der Waals surface area contributed by atoms with Gasteiger partial charge in [0.25, 0.3) is 52.3 Å². The van der Waals surface area contributed by atoms with Gasteiger partial charge in [0, 0.05) is 151 Å². The van der Waals surface area contributed by atoms with Gasteiger partial charge in [-0.25, -0.2) is 0 Å². The average Bonchev–Trinajstić information content (AvgIpc) is 1.35. The van der Waals surface area contributed by atoms with Crippen molar-refractivity contribution >= 4 is 85.3 Å². The largest absolute Gasteiger partial charge is 0.344 e. The summed E-state index contributed by atoms with van der Waals surface area (Å²) in [6.45, 7) is 4.57. The van der Waals surface area contributed by atoms with Crippen molar-refractivity contribution in [1.29, 1.82) is 1.34 Å². The molecule has 31 nitrogen and oxygen atoms in total.